The van der Waals surface area contributed by atoms with Gasteiger partial charge in [-0.3, -0.25) is 4.79 Å². The smallest absolute Gasteiger partial charge is 0.314 e. The molecule has 47 heavy (non-hydrogen) atoms. The van der Waals surface area contributed by atoms with Gasteiger partial charge >= 0.3 is 6.03 Å². The van der Waals surface area contributed by atoms with E-state index >= 15 is 0 Å². The van der Waals surface area contributed by atoms with Crippen LogP contribution < -0.4 is 26.2 Å². The molecular weight excluding hydrogens is 607 g/mol. The molecule has 1 atom stereocenters. The Morgan fingerprint density at radius 1 is 0.915 bits per heavy atom. The lowest BCUT2D eigenvalue weighted by Crippen LogP contribution is -2.43. The molecule has 0 radical (unpaired) electrons. The first kappa shape index (κ1) is 36.6. The fraction of sp³-hybridized carbons (Fsp3) is 0.568. The molecular formula is C37H57N5O4Si. The third kappa shape index (κ3) is 11.5. The van der Waals surface area contributed by atoms with Crippen LogP contribution in [-0.2, 0) is 11.0 Å². The van der Waals surface area contributed by atoms with Crippen LogP contribution >= 0.6 is 0 Å². The van der Waals surface area contributed by atoms with Gasteiger partial charge in [-0.25, -0.2) is 4.79 Å². The molecule has 0 aliphatic carbocycles. The van der Waals surface area contributed by atoms with Gasteiger partial charge in [0.1, 0.15) is 12.4 Å². The maximum absolute atomic E-state index is 12.4. The van der Waals surface area contributed by atoms with Gasteiger partial charge in [0.15, 0.2) is 8.32 Å². The van der Waals surface area contributed by atoms with E-state index in [9.17, 15) is 9.59 Å². The number of carbonyl (C=O) groups excluding carboxylic acids is 1. The van der Waals surface area contributed by atoms with E-state index in [1.165, 1.54) is 19.3 Å². The van der Waals surface area contributed by atoms with Gasteiger partial charge in [0.05, 0.1) is 11.6 Å². The minimum absolute atomic E-state index is 0.0426. The molecule has 1 saturated heterocycles. The molecule has 0 spiro atoms. The van der Waals surface area contributed by atoms with Crippen molar-refractivity contribution in [3.05, 3.63) is 76.1 Å². The first-order chi connectivity index (χ1) is 22.5. The molecule has 4 rings (SSSR count). The number of pyridine rings is 1. The summed E-state index contributed by atoms with van der Waals surface area (Å²) < 4.78 is 13.2. The van der Waals surface area contributed by atoms with Crippen LogP contribution in [0.1, 0.15) is 76.5 Å². The highest BCUT2D eigenvalue weighted by Crippen LogP contribution is 2.41. The zero-order chi connectivity index (χ0) is 33.7. The summed E-state index contributed by atoms with van der Waals surface area (Å²) in [5, 5.41) is 10.6. The number of benzene rings is 2. The van der Waals surface area contributed by atoms with Crippen molar-refractivity contribution < 1.29 is 14.0 Å². The molecule has 0 saturated carbocycles. The molecule has 0 bridgehead atoms. The SMILES string of the molecule is CC(C)(C)[Si](C)(C)OC(CNCCCCCNC(=O)NCCN1CCCCC1)c1ccc(OCc2ccccc2)c2[nH]c(=O)ccc12. The number of fused-ring (bicyclic) bond motifs is 1. The molecule has 1 aliphatic heterocycles. The van der Waals surface area contributed by atoms with Crippen molar-refractivity contribution in [3.63, 3.8) is 0 Å². The number of rotatable bonds is 17. The summed E-state index contributed by atoms with van der Waals surface area (Å²) in [6, 6.07) is 17.5. The van der Waals surface area contributed by atoms with Gasteiger partial charge in [-0.15, -0.1) is 0 Å². The average molecular weight is 664 g/mol. The Bertz CT molecular complexity index is 1450. The van der Waals surface area contributed by atoms with E-state index in [-0.39, 0.29) is 22.7 Å². The molecule has 1 fully saturated rings. The number of nitrogens with one attached hydrogen (secondary N) is 4. The first-order valence-electron chi connectivity index (χ1n) is 17.5. The maximum atomic E-state index is 12.4. The van der Waals surface area contributed by atoms with Crippen molar-refractivity contribution in [2.75, 3.05) is 45.8 Å². The van der Waals surface area contributed by atoms with Crippen LogP contribution in [-0.4, -0.2) is 70.0 Å². The molecule has 2 heterocycles. The first-order valence-corrected chi connectivity index (χ1v) is 20.4. The van der Waals surface area contributed by atoms with E-state index in [4.69, 9.17) is 9.16 Å². The second-order valence-electron chi connectivity index (χ2n) is 14.3. The molecule has 2 amide bonds. The van der Waals surface area contributed by atoms with Crippen LogP contribution in [0.25, 0.3) is 10.9 Å². The lowest BCUT2D eigenvalue weighted by atomic mass is 10.0. The topological polar surface area (TPSA) is 108 Å². The summed E-state index contributed by atoms with van der Waals surface area (Å²) in [6.07, 6.45) is 6.63. The van der Waals surface area contributed by atoms with Crippen LogP contribution in [0.2, 0.25) is 18.1 Å². The molecule has 3 aromatic rings. The molecule has 9 nitrogen and oxygen atoms in total. The second kappa shape index (κ2) is 17.8. The fourth-order valence-corrected chi connectivity index (χ4v) is 6.97. The number of urea groups is 1. The summed E-state index contributed by atoms with van der Waals surface area (Å²) >= 11 is 0. The highest BCUT2D eigenvalue weighted by atomic mass is 28.4. The number of likely N-dealkylation sites (tertiary alicyclic amines) is 1. The van der Waals surface area contributed by atoms with Gasteiger partial charge in [0.25, 0.3) is 0 Å². The minimum Gasteiger partial charge on any atom is -0.487 e. The number of amides is 2. The molecule has 1 unspecified atom stereocenters. The van der Waals surface area contributed by atoms with Gasteiger partial charge in [-0.2, -0.15) is 0 Å². The number of aromatic amines is 1. The highest BCUT2D eigenvalue weighted by Gasteiger charge is 2.39. The zero-order valence-corrected chi connectivity index (χ0v) is 30.3. The van der Waals surface area contributed by atoms with E-state index in [1.54, 1.807) is 6.07 Å². The molecule has 1 aliphatic rings. The molecule has 2 aromatic carbocycles. The third-order valence-corrected chi connectivity index (χ3v) is 14.0. The number of H-pyrrole nitrogens is 1. The standard InChI is InChI=1S/C37H57N5O4Si/c1-37(2,3)47(4,5)46-33(27-38-21-11-7-12-22-39-36(44)40-23-26-42-24-13-8-14-25-42)30-17-19-32(35-31(30)18-20-34(43)41-35)45-28-29-15-9-6-10-16-29/h6,9-10,15-20,33,38H,7-8,11-14,21-28H2,1-5H3,(H,41,43)(H2,39,40,44). The van der Waals surface area contributed by atoms with Gasteiger partial charge in [0.2, 0.25) is 5.56 Å². The van der Waals surface area contributed by atoms with E-state index in [2.05, 4.69) is 65.8 Å². The number of nitrogens with zero attached hydrogens (tertiary/aromatic N) is 1. The van der Waals surface area contributed by atoms with E-state index in [0.717, 1.165) is 62.0 Å². The zero-order valence-electron chi connectivity index (χ0n) is 29.3. The normalized spacial score (nSPS) is 15.0. The molecule has 10 heteroatoms. The van der Waals surface area contributed by atoms with Crippen LogP contribution in [0.4, 0.5) is 4.79 Å². The van der Waals surface area contributed by atoms with Crippen molar-refractivity contribution in [3.8, 4) is 5.75 Å². The number of piperidine rings is 1. The van der Waals surface area contributed by atoms with Crippen molar-refractivity contribution in [2.24, 2.45) is 0 Å². The predicted octanol–water partition coefficient (Wildman–Crippen LogP) is 6.72. The Morgan fingerprint density at radius 2 is 1.64 bits per heavy atom. The van der Waals surface area contributed by atoms with E-state index in [0.29, 0.717) is 37.5 Å². The van der Waals surface area contributed by atoms with Gasteiger partial charge in [0, 0.05) is 37.6 Å². The molecule has 4 N–H and O–H groups in total. The van der Waals surface area contributed by atoms with Crippen LogP contribution in [0.3, 0.4) is 0 Å². The number of carbonyl (C=O) groups is 1. The Kier molecular flexibility index (Phi) is 13.9. The molecule has 258 valence electrons. The average Bonchev–Trinajstić information content (AvgIpc) is 3.04. The van der Waals surface area contributed by atoms with Gasteiger partial charge < -0.3 is 35.0 Å². The maximum Gasteiger partial charge on any atom is 0.314 e. The lowest BCUT2D eigenvalue weighted by molar-refractivity contribution is 0.181. The summed E-state index contributed by atoms with van der Waals surface area (Å²) in [7, 11) is -2.13. The lowest BCUT2D eigenvalue weighted by Gasteiger charge is -2.39. The number of unbranched alkanes of at least 4 members (excludes halogenated alkanes) is 2. The van der Waals surface area contributed by atoms with E-state index < -0.39 is 8.32 Å². The summed E-state index contributed by atoms with van der Waals surface area (Å²) in [4.78, 5) is 30.1. The number of ether oxygens (including phenoxy) is 1. The quantitative estimate of drug-likeness (QED) is 0.0945. The summed E-state index contributed by atoms with van der Waals surface area (Å²) in [5.74, 6) is 0.647. The van der Waals surface area contributed by atoms with Crippen LogP contribution in [0, 0.1) is 0 Å². The number of aromatic nitrogens is 1. The van der Waals surface area contributed by atoms with Crippen LogP contribution in [0.5, 0.6) is 5.75 Å². The highest BCUT2D eigenvalue weighted by molar-refractivity contribution is 6.74. The molecule has 1 aromatic heterocycles. The van der Waals surface area contributed by atoms with Crippen LogP contribution in [0.15, 0.2) is 59.4 Å². The summed E-state index contributed by atoms with van der Waals surface area (Å²) in [6.45, 7) is 17.8. The summed E-state index contributed by atoms with van der Waals surface area (Å²) in [5.41, 5.74) is 2.63. The second-order valence-corrected chi connectivity index (χ2v) is 19.0. The Hall–Kier alpha value is -3.18. The van der Waals surface area contributed by atoms with Crippen molar-refractivity contribution >= 4 is 25.3 Å². The van der Waals surface area contributed by atoms with Crippen molar-refractivity contribution in [1.82, 2.24) is 25.8 Å². The number of hydrogen-bond acceptors (Lipinski definition) is 6. The monoisotopic (exact) mass is 663 g/mol. The van der Waals surface area contributed by atoms with Crippen molar-refractivity contribution in [2.45, 2.75) is 90.1 Å². The fourth-order valence-electron chi connectivity index (χ4n) is 5.69. The third-order valence-electron chi connectivity index (χ3n) is 9.53. The minimum atomic E-state index is -2.13. The van der Waals surface area contributed by atoms with E-state index in [1.807, 2.05) is 42.5 Å². The van der Waals surface area contributed by atoms with Gasteiger partial charge in [-0.1, -0.05) is 70.0 Å². The van der Waals surface area contributed by atoms with Gasteiger partial charge in [-0.05, 0) is 86.7 Å². The Balaban J connectivity index is 1.31. The Morgan fingerprint density at radius 3 is 2.38 bits per heavy atom. The number of hydrogen-bond donors (Lipinski definition) is 4. The largest absolute Gasteiger partial charge is 0.487 e. The Labute approximate surface area is 282 Å². The van der Waals surface area contributed by atoms with Crippen molar-refractivity contribution in [1.29, 1.82) is 0 Å². The predicted molar refractivity (Wildman–Crippen MR) is 195 cm³/mol.